The minimum absolute atomic E-state index is 0.487. The summed E-state index contributed by atoms with van der Waals surface area (Å²) >= 11 is 0. The molecule has 2 rings (SSSR count). The van der Waals surface area contributed by atoms with E-state index in [1.165, 1.54) is 6.42 Å². The predicted octanol–water partition coefficient (Wildman–Crippen LogP) is 1.27. The molecule has 98 valence electrons. The van der Waals surface area contributed by atoms with Crippen molar-refractivity contribution >= 4 is 5.97 Å². The largest absolute Gasteiger partial charge is 0.481 e. The minimum atomic E-state index is -0.601. The molecule has 4 nitrogen and oxygen atoms in total. The lowest BCUT2D eigenvalue weighted by atomic mass is 9.77. The third-order valence-electron chi connectivity index (χ3n) is 4.62. The van der Waals surface area contributed by atoms with Gasteiger partial charge in [-0.05, 0) is 45.8 Å². The van der Waals surface area contributed by atoms with Gasteiger partial charge in [0.1, 0.15) is 0 Å². The molecule has 2 aliphatic rings. The molecule has 0 aliphatic carbocycles. The summed E-state index contributed by atoms with van der Waals surface area (Å²) in [5, 5.41) is 9.46. The summed E-state index contributed by atoms with van der Waals surface area (Å²) in [6, 6.07) is 0.575. The van der Waals surface area contributed by atoms with E-state index in [1.807, 2.05) is 6.92 Å². The van der Waals surface area contributed by atoms with Crippen molar-refractivity contribution in [3.63, 3.8) is 0 Å². The van der Waals surface area contributed by atoms with Crippen LogP contribution in [0, 0.1) is 5.41 Å². The zero-order chi connectivity index (χ0) is 12.5. The molecule has 2 atom stereocenters. The van der Waals surface area contributed by atoms with Crippen LogP contribution in [0.4, 0.5) is 0 Å². The average molecular weight is 240 g/mol. The first-order valence-electron chi connectivity index (χ1n) is 6.73. The Morgan fingerprint density at radius 2 is 2.24 bits per heavy atom. The Hall–Kier alpha value is -0.610. The molecule has 0 radical (unpaired) electrons. The van der Waals surface area contributed by atoms with Gasteiger partial charge in [0, 0.05) is 19.1 Å². The van der Waals surface area contributed by atoms with Crippen LogP contribution in [0.5, 0.6) is 0 Å². The Bertz CT molecular complexity index is 295. The van der Waals surface area contributed by atoms with Crippen LogP contribution in [-0.2, 0) is 4.79 Å². The number of rotatable bonds is 3. The Morgan fingerprint density at radius 3 is 2.76 bits per heavy atom. The quantitative estimate of drug-likeness (QED) is 0.807. The van der Waals surface area contributed by atoms with Crippen molar-refractivity contribution in [1.82, 2.24) is 9.80 Å². The lowest BCUT2D eigenvalue weighted by Gasteiger charge is -2.42. The molecule has 2 heterocycles. The van der Waals surface area contributed by atoms with Crippen LogP contribution >= 0.6 is 0 Å². The summed E-state index contributed by atoms with van der Waals surface area (Å²) in [7, 11) is 2.15. The molecule has 0 amide bonds. The van der Waals surface area contributed by atoms with Gasteiger partial charge in [0.15, 0.2) is 0 Å². The monoisotopic (exact) mass is 240 g/mol. The molecule has 0 aromatic heterocycles. The lowest BCUT2D eigenvalue weighted by Crippen LogP contribution is -2.51. The molecule has 4 heteroatoms. The molecule has 0 aromatic rings. The predicted molar refractivity (Wildman–Crippen MR) is 67.1 cm³/mol. The summed E-state index contributed by atoms with van der Waals surface area (Å²) in [5.41, 5.74) is -0.487. The first-order chi connectivity index (χ1) is 8.07. The van der Waals surface area contributed by atoms with Crippen LogP contribution in [0.15, 0.2) is 0 Å². The lowest BCUT2D eigenvalue weighted by molar-refractivity contribution is -0.153. The van der Waals surface area contributed by atoms with E-state index < -0.39 is 11.4 Å². The highest BCUT2D eigenvalue weighted by molar-refractivity contribution is 5.75. The van der Waals surface area contributed by atoms with Gasteiger partial charge in [-0.1, -0.05) is 6.92 Å². The smallest absolute Gasteiger partial charge is 0.310 e. The third kappa shape index (κ3) is 2.47. The van der Waals surface area contributed by atoms with Gasteiger partial charge in [0.2, 0.25) is 0 Å². The minimum Gasteiger partial charge on any atom is -0.481 e. The molecule has 0 spiro atoms. The first-order valence-corrected chi connectivity index (χ1v) is 6.73. The standard InChI is InChI=1S/C13H24N2O2/c1-3-13(12(16)17)6-4-7-15(10-13)11-5-8-14(2)9-11/h11H,3-10H2,1-2H3,(H,16,17). The van der Waals surface area contributed by atoms with E-state index in [0.717, 1.165) is 45.4 Å². The van der Waals surface area contributed by atoms with Crippen LogP contribution in [-0.4, -0.2) is 60.1 Å². The van der Waals surface area contributed by atoms with E-state index in [0.29, 0.717) is 6.04 Å². The number of hydrogen-bond donors (Lipinski definition) is 1. The van der Waals surface area contributed by atoms with Gasteiger partial charge in [-0.15, -0.1) is 0 Å². The molecule has 2 unspecified atom stereocenters. The van der Waals surface area contributed by atoms with Crippen LogP contribution in [0.25, 0.3) is 0 Å². The van der Waals surface area contributed by atoms with Crippen LogP contribution in [0.3, 0.4) is 0 Å². The summed E-state index contributed by atoms with van der Waals surface area (Å²) in [5.74, 6) is -0.601. The zero-order valence-corrected chi connectivity index (χ0v) is 11.0. The van der Waals surface area contributed by atoms with E-state index in [4.69, 9.17) is 0 Å². The summed E-state index contributed by atoms with van der Waals surface area (Å²) < 4.78 is 0. The highest BCUT2D eigenvalue weighted by atomic mass is 16.4. The van der Waals surface area contributed by atoms with Gasteiger partial charge in [-0.25, -0.2) is 0 Å². The molecule has 2 aliphatic heterocycles. The topological polar surface area (TPSA) is 43.8 Å². The Balaban J connectivity index is 2.03. The van der Waals surface area contributed by atoms with Crippen molar-refractivity contribution in [3.05, 3.63) is 0 Å². The molecule has 0 saturated carbocycles. The van der Waals surface area contributed by atoms with Crippen molar-refractivity contribution in [2.75, 3.05) is 33.2 Å². The maximum Gasteiger partial charge on any atom is 0.310 e. The van der Waals surface area contributed by atoms with Gasteiger partial charge < -0.3 is 10.0 Å². The number of likely N-dealkylation sites (N-methyl/N-ethyl adjacent to an activating group) is 1. The van der Waals surface area contributed by atoms with Gasteiger partial charge in [0.25, 0.3) is 0 Å². The number of aliphatic carboxylic acids is 1. The number of carboxylic acids is 1. The van der Waals surface area contributed by atoms with Crippen LogP contribution in [0.2, 0.25) is 0 Å². The Morgan fingerprint density at radius 1 is 1.47 bits per heavy atom. The van der Waals surface area contributed by atoms with Crippen LogP contribution in [0.1, 0.15) is 32.6 Å². The molecular weight excluding hydrogens is 216 g/mol. The van der Waals surface area contributed by atoms with E-state index in [-0.39, 0.29) is 0 Å². The van der Waals surface area contributed by atoms with E-state index in [1.54, 1.807) is 0 Å². The molecule has 1 N–H and O–H groups in total. The number of carbonyl (C=O) groups is 1. The van der Waals surface area contributed by atoms with Crippen molar-refractivity contribution in [1.29, 1.82) is 0 Å². The number of likely N-dealkylation sites (tertiary alicyclic amines) is 2. The third-order valence-corrected chi connectivity index (χ3v) is 4.62. The van der Waals surface area contributed by atoms with E-state index >= 15 is 0 Å². The number of piperidine rings is 1. The van der Waals surface area contributed by atoms with Crippen molar-refractivity contribution in [2.24, 2.45) is 5.41 Å². The Kier molecular flexibility index (Phi) is 3.73. The Labute approximate surface area is 104 Å². The van der Waals surface area contributed by atoms with Gasteiger partial charge in [0.05, 0.1) is 5.41 Å². The summed E-state index contributed by atoms with van der Waals surface area (Å²) in [6.07, 6.45) is 3.82. The van der Waals surface area contributed by atoms with Gasteiger partial charge in [-0.3, -0.25) is 9.69 Å². The van der Waals surface area contributed by atoms with Gasteiger partial charge in [-0.2, -0.15) is 0 Å². The maximum atomic E-state index is 11.5. The van der Waals surface area contributed by atoms with E-state index in [2.05, 4.69) is 16.8 Å². The number of hydrogen-bond acceptors (Lipinski definition) is 3. The first kappa shape index (κ1) is 12.8. The van der Waals surface area contributed by atoms with E-state index in [9.17, 15) is 9.90 Å². The number of nitrogens with zero attached hydrogens (tertiary/aromatic N) is 2. The fraction of sp³-hybridized carbons (Fsp3) is 0.923. The summed E-state index contributed by atoms with van der Waals surface area (Å²) in [4.78, 5) is 16.3. The molecule has 0 bridgehead atoms. The second-order valence-corrected chi connectivity index (χ2v) is 5.72. The second-order valence-electron chi connectivity index (χ2n) is 5.72. The SMILES string of the molecule is CCC1(C(=O)O)CCCN(C2CCN(C)C2)C1. The molecule has 17 heavy (non-hydrogen) atoms. The fourth-order valence-corrected chi connectivity index (χ4v) is 3.30. The molecule has 0 aromatic carbocycles. The molecule has 2 saturated heterocycles. The van der Waals surface area contributed by atoms with Crippen molar-refractivity contribution < 1.29 is 9.90 Å². The van der Waals surface area contributed by atoms with Gasteiger partial charge >= 0.3 is 5.97 Å². The normalized spacial score (nSPS) is 36.2. The second kappa shape index (κ2) is 4.94. The van der Waals surface area contributed by atoms with Crippen molar-refractivity contribution in [3.8, 4) is 0 Å². The number of carboxylic acid groups (broad SMARTS) is 1. The molecular formula is C13H24N2O2. The maximum absolute atomic E-state index is 11.5. The van der Waals surface area contributed by atoms with Crippen LogP contribution < -0.4 is 0 Å². The fourth-order valence-electron chi connectivity index (χ4n) is 3.30. The molecule has 2 fully saturated rings. The van der Waals surface area contributed by atoms with Crippen molar-refractivity contribution in [2.45, 2.75) is 38.6 Å². The summed E-state index contributed by atoms with van der Waals surface area (Å²) in [6.45, 7) is 6.08. The highest BCUT2D eigenvalue weighted by Crippen LogP contribution is 2.35. The highest BCUT2D eigenvalue weighted by Gasteiger charge is 2.42. The zero-order valence-electron chi connectivity index (χ0n) is 11.0. The average Bonchev–Trinajstić information content (AvgIpc) is 2.76.